The van der Waals surface area contributed by atoms with Gasteiger partial charge in [0.2, 0.25) is 5.88 Å². The van der Waals surface area contributed by atoms with Gasteiger partial charge in [-0.1, -0.05) is 11.6 Å². The molecule has 0 aromatic carbocycles. The molecule has 0 fully saturated rings. The number of hydrogen-bond donors (Lipinski definition) is 1. The van der Waals surface area contributed by atoms with Gasteiger partial charge in [0, 0.05) is 12.1 Å². The number of methoxy groups -OCH3 is 1. The lowest BCUT2D eigenvalue weighted by Crippen LogP contribution is -2.03. The zero-order valence-electron chi connectivity index (χ0n) is 6.88. The number of ether oxygens (including phenoxy) is 1. The highest BCUT2D eigenvalue weighted by Crippen LogP contribution is 2.21. The molecule has 13 heavy (non-hydrogen) atoms. The number of rotatable bonds is 2. The van der Waals surface area contributed by atoms with E-state index in [0.29, 0.717) is 5.56 Å². The molecule has 0 unspecified atom stereocenters. The lowest BCUT2D eigenvalue weighted by molar-refractivity contribution is 0.390. The van der Waals surface area contributed by atoms with Gasteiger partial charge in [-0.2, -0.15) is 4.98 Å². The van der Waals surface area contributed by atoms with Crippen LogP contribution in [0.5, 0.6) is 5.88 Å². The maximum atomic E-state index is 12.8. The molecule has 74 valence electrons. The Kier molecular flexibility index (Phi) is 4.98. The number of aromatic nitrogens is 1. The van der Waals surface area contributed by atoms with E-state index in [0.717, 1.165) is 0 Å². The summed E-state index contributed by atoms with van der Waals surface area (Å²) in [4.78, 5) is 3.65. The first-order chi connectivity index (χ1) is 5.69. The molecule has 0 saturated heterocycles. The van der Waals surface area contributed by atoms with Crippen LogP contribution in [0.25, 0.3) is 0 Å². The summed E-state index contributed by atoms with van der Waals surface area (Å²) in [5, 5.41) is -0.205. The van der Waals surface area contributed by atoms with E-state index < -0.39 is 5.82 Å². The summed E-state index contributed by atoms with van der Waals surface area (Å²) in [6.07, 6.45) is 0. The van der Waals surface area contributed by atoms with Gasteiger partial charge in [0.25, 0.3) is 0 Å². The number of hydrogen-bond acceptors (Lipinski definition) is 3. The van der Waals surface area contributed by atoms with Crippen LogP contribution in [-0.4, -0.2) is 12.1 Å². The maximum Gasteiger partial charge on any atom is 0.219 e. The summed E-state index contributed by atoms with van der Waals surface area (Å²) in [5.41, 5.74) is 5.81. The Bertz CT molecular complexity index is 267. The summed E-state index contributed by atoms with van der Waals surface area (Å²) < 4.78 is 17.6. The molecule has 0 aliphatic rings. The molecule has 1 aromatic heterocycles. The minimum atomic E-state index is -0.585. The van der Waals surface area contributed by atoms with Gasteiger partial charge in [-0.15, -0.1) is 12.4 Å². The first kappa shape index (κ1) is 12.4. The van der Waals surface area contributed by atoms with Crippen molar-refractivity contribution in [1.82, 2.24) is 4.98 Å². The van der Waals surface area contributed by atoms with E-state index in [1.54, 1.807) is 0 Å². The third-order valence-corrected chi connectivity index (χ3v) is 1.65. The van der Waals surface area contributed by atoms with E-state index in [2.05, 4.69) is 4.98 Å². The van der Waals surface area contributed by atoms with Gasteiger partial charge in [0.1, 0.15) is 0 Å². The van der Waals surface area contributed by atoms with Crippen LogP contribution >= 0.6 is 24.0 Å². The van der Waals surface area contributed by atoms with E-state index in [1.165, 1.54) is 13.2 Å². The molecule has 1 rings (SSSR count). The SMILES string of the molecule is COc1nc(Cl)c(F)cc1CN.Cl. The zero-order chi connectivity index (χ0) is 9.14. The summed E-state index contributed by atoms with van der Waals surface area (Å²) in [5.74, 6) is -0.318. The molecule has 0 radical (unpaired) electrons. The van der Waals surface area contributed by atoms with Gasteiger partial charge in [0.15, 0.2) is 11.0 Å². The zero-order valence-corrected chi connectivity index (χ0v) is 8.45. The van der Waals surface area contributed by atoms with Gasteiger partial charge in [0.05, 0.1) is 7.11 Å². The average Bonchev–Trinajstić information content (AvgIpc) is 2.09. The van der Waals surface area contributed by atoms with E-state index in [9.17, 15) is 4.39 Å². The Morgan fingerprint density at radius 1 is 1.69 bits per heavy atom. The van der Waals surface area contributed by atoms with Crippen LogP contribution in [0.2, 0.25) is 5.15 Å². The second kappa shape index (κ2) is 5.21. The van der Waals surface area contributed by atoms with Gasteiger partial charge in [-0.3, -0.25) is 0 Å². The van der Waals surface area contributed by atoms with Gasteiger partial charge >= 0.3 is 0 Å². The van der Waals surface area contributed by atoms with Gasteiger partial charge in [-0.05, 0) is 6.07 Å². The van der Waals surface area contributed by atoms with Crippen LogP contribution in [0.15, 0.2) is 6.07 Å². The fourth-order valence-electron chi connectivity index (χ4n) is 0.812. The highest BCUT2D eigenvalue weighted by molar-refractivity contribution is 6.29. The predicted molar refractivity (Wildman–Crippen MR) is 50.9 cm³/mol. The Labute approximate surface area is 86.5 Å². The Hall–Kier alpha value is -0.580. The lowest BCUT2D eigenvalue weighted by Gasteiger charge is -2.05. The molecule has 1 heterocycles. The molecule has 3 nitrogen and oxygen atoms in total. The van der Waals surface area contributed by atoms with Crippen molar-refractivity contribution >= 4 is 24.0 Å². The molecule has 0 atom stereocenters. The fraction of sp³-hybridized carbons (Fsp3) is 0.286. The third kappa shape index (κ3) is 2.69. The van der Waals surface area contributed by atoms with Gasteiger partial charge in [-0.25, -0.2) is 4.39 Å². The quantitative estimate of drug-likeness (QED) is 0.783. The molecule has 2 N–H and O–H groups in total. The van der Waals surface area contributed by atoms with Crippen molar-refractivity contribution < 1.29 is 9.13 Å². The normalized spacial score (nSPS) is 9.23. The topological polar surface area (TPSA) is 48.1 Å². The minimum Gasteiger partial charge on any atom is -0.481 e. The van der Waals surface area contributed by atoms with E-state index in [4.69, 9.17) is 22.1 Å². The molecule has 0 amide bonds. The number of pyridine rings is 1. The highest BCUT2D eigenvalue weighted by Gasteiger charge is 2.08. The van der Waals surface area contributed by atoms with E-state index in [-0.39, 0.29) is 30.0 Å². The van der Waals surface area contributed by atoms with E-state index in [1.807, 2.05) is 0 Å². The Morgan fingerprint density at radius 3 is 2.77 bits per heavy atom. The molecule has 0 aliphatic heterocycles. The monoisotopic (exact) mass is 226 g/mol. The van der Waals surface area contributed by atoms with Crippen LogP contribution in [0.1, 0.15) is 5.56 Å². The number of halogens is 3. The van der Waals surface area contributed by atoms with Crippen molar-refractivity contribution in [2.45, 2.75) is 6.54 Å². The van der Waals surface area contributed by atoms with Crippen molar-refractivity contribution in [3.8, 4) is 5.88 Å². The first-order valence-electron chi connectivity index (χ1n) is 3.28. The molecule has 1 aromatic rings. The standard InChI is InChI=1S/C7H8ClFN2O.ClH/c1-12-7-4(3-10)2-5(9)6(8)11-7;/h2H,3,10H2,1H3;1H. The second-order valence-electron chi connectivity index (χ2n) is 2.13. The highest BCUT2D eigenvalue weighted by atomic mass is 35.5. The predicted octanol–water partition coefficient (Wildman–Crippen LogP) is 1.76. The molecule has 0 aliphatic carbocycles. The first-order valence-corrected chi connectivity index (χ1v) is 3.65. The van der Waals surface area contributed by atoms with Crippen LogP contribution in [0.4, 0.5) is 4.39 Å². The van der Waals surface area contributed by atoms with Crippen LogP contribution < -0.4 is 10.5 Å². The van der Waals surface area contributed by atoms with Crippen molar-refractivity contribution in [1.29, 1.82) is 0 Å². The van der Waals surface area contributed by atoms with E-state index >= 15 is 0 Å². The second-order valence-corrected chi connectivity index (χ2v) is 2.49. The number of nitrogens with two attached hydrogens (primary N) is 1. The molecule has 6 heteroatoms. The van der Waals surface area contributed by atoms with Crippen LogP contribution in [0.3, 0.4) is 0 Å². The summed E-state index contributed by atoms with van der Waals surface area (Å²) in [7, 11) is 1.43. The molecule has 0 saturated carbocycles. The molecular weight excluding hydrogens is 218 g/mol. The smallest absolute Gasteiger partial charge is 0.219 e. The fourth-order valence-corrected chi connectivity index (χ4v) is 0.943. The van der Waals surface area contributed by atoms with Crippen LogP contribution in [-0.2, 0) is 6.54 Å². The van der Waals surface area contributed by atoms with Crippen molar-refractivity contribution in [3.63, 3.8) is 0 Å². The Balaban J connectivity index is 0.00000144. The maximum absolute atomic E-state index is 12.8. The summed E-state index contributed by atoms with van der Waals surface area (Å²) >= 11 is 5.41. The van der Waals surface area contributed by atoms with Crippen molar-refractivity contribution in [2.75, 3.05) is 7.11 Å². The van der Waals surface area contributed by atoms with Crippen molar-refractivity contribution in [3.05, 3.63) is 22.6 Å². The minimum absolute atomic E-state index is 0. The third-order valence-electron chi connectivity index (χ3n) is 1.39. The summed E-state index contributed by atoms with van der Waals surface area (Å²) in [6, 6.07) is 1.22. The van der Waals surface area contributed by atoms with Gasteiger partial charge < -0.3 is 10.5 Å². The molecule has 0 bridgehead atoms. The molecular formula is C7H9Cl2FN2O. The summed E-state index contributed by atoms with van der Waals surface area (Å²) in [6.45, 7) is 0.171. The molecule has 0 spiro atoms. The van der Waals surface area contributed by atoms with Crippen LogP contribution in [0, 0.1) is 5.82 Å². The largest absolute Gasteiger partial charge is 0.481 e. The average molecular weight is 227 g/mol. The lowest BCUT2D eigenvalue weighted by atomic mass is 10.3. The van der Waals surface area contributed by atoms with Crippen molar-refractivity contribution in [2.24, 2.45) is 5.73 Å². The number of nitrogens with zero attached hydrogens (tertiary/aromatic N) is 1. The Morgan fingerprint density at radius 2 is 2.31 bits per heavy atom.